The lowest BCUT2D eigenvalue weighted by Gasteiger charge is -2.13. The van der Waals surface area contributed by atoms with E-state index in [2.05, 4.69) is 10.3 Å². The topological polar surface area (TPSA) is 69.4 Å². The summed E-state index contributed by atoms with van der Waals surface area (Å²) >= 11 is 0. The Morgan fingerprint density at radius 1 is 1.26 bits per heavy atom. The number of methoxy groups -OCH3 is 2. The van der Waals surface area contributed by atoms with Gasteiger partial charge in [0, 0.05) is 19.7 Å². The van der Waals surface area contributed by atoms with Crippen molar-refractivity contribution < 1.29 is 14.6 Å². The van der Waals surface area contributed by atoms with Crippen molar-refractivity contribution in [2.24, 2.45) is 7.05 Å². The van der Waals surface area contributed by atoms with E-state index in [9.17, 15) is 5.11 Å². The molecule has 1 heterocycles. The molecule has 6 nitrogen and oxygen atoms in total. The maximum atomic E-state index is 10.2. The van der Waals surface area contributed by atoms with E-state index in [1.165, 1.54) is 0 Å². The fourth-order valence-electron chi connectivity index (χ4n) is 1.86. The number of aryl methyl sites for hydroxylation is 1. The summed E-state index contributed by atoms with van der Waals surface area (Å²) in [6.45, 7) is 0. The number of hydrogen-bond donors (Lipinski definition) is 1. The minimum absolute atomic E-state index is 0.406. The summed E-state index contributed by atoms with van der Waals surface area (Å²) in [5, 5.41) is 18.0. The molecule has 0 spiro atoms. The predicted molar refractivity (Wildman–Crippen MR) is 69.2 cm³/mol. The van der Waals surface area contributed by atoms with Gasteiger partial charge in [0.25, 0.3) is 0 Å². The van der Waals surface area contributed by atoms with Crippen LogP contribution in [0.5, 0.6) is 11.5 Å². The van der Waals surface area contributed by atoms with Gasteiger partial charge < -0.3 is 14.6 Å². The van der Waals surface area contributed by atoms with Crippen LogP contribution < -0.4 is 9.47 Å². The summed E-state index contributed by atoms with van der Waals surface area (Å²) in [5.74, 6) is 1.23. The van der Waals surface area contributed by atoms with E-state index in [1.807, 2.05) is 6.07 Å². The molecule has 1 atom stereocenters. The number of aromatic nitrogens is 3. The fraction of sp³-hybridized carbons (Fsp3) is 0.385. The van der Waals surface area contributed by atoms with Gasteiger partial charge in [-0.2, -0.15) is 0 Å². The summed E-state index contributed by atoms with van der Waals surface area (Å²) < 4.78 is 12.0. The minimum Gasteiger partial charge on any atom is -0.493 e. The Bertz CT molecular complexity index is 554. The smallest absolute Gasteiger partial charge is 0.161 e. The molecule has 1 aromatic heterocycles. The van der Waals surface area contributed by atoms with Crippen LogP contribution in [0.25, 0.3) is 0 Å². The van der Waals surface area contributed by atoms with Gasteiger partial charge in [0.1, 0.15) is 0 Å². The van der Waals surface area contributed by atoms with Gasteiger partial charge in [-0.15, -0.1) is 5.10 Å². The Balaban J connectivity index is 2.16. The molecule has 0 radical (unpaired) electrons. The van der Waals surface area contributed by atoms with Crippen molar-refractivity contribution in [2.75, 3.05) is 14.2 Å². The van der Waals surface area contributed by atoms with Gasteiger partial charge in [-0.1, -0.05) is 11.3 Å². The number of benzene rings is 1. The number of nitrogens with zero attached hydrogens (tertiary/aromatic N) is 3. The summed E-state index contributed by atoms with van der Waals surface area (Å²) in [4.78, 5) is 0. The number of aliphatic hydroxyl groups is 1. The largest absolute Gasteiger partial charge is 0.493 e. The molecule has 0 aliphatic heterocycles. The maximum absolute atomic E-state index is 10.2. The summed E-state index contributed by atoms with van der Waals surface area (Å²) in [7, 11) is 4.93. The first-order chi connectivity index (χ1) is 9.13. The first kappa shape index (κ1) is 13.4. The molecule has 6 heteroatoms. The van der Waals surface area contributed by atoms with Gasteiger partial charge in [0.05, 0.1) is 26.0 Å². The van der Waals surface area contributed by atoms with E-state index in [1.54, 1.807) is 44.3 Å². The second-order valence-corrected chi connectivity index (χ2v) is 4.22. The van der Waals surface area contributed by atoms with E-state index in [-0.39, 0.29) is 0 Å². The van der Waals surface area contributed by atoms with Crippen LogP contribution in [0.2, 0.25) is 0 Å². The highest BCUT2D eigenvalue weighted by Gasteiger charge is 2.13. The third-order valence-corrected chi connectivity index (χ3v) is 2.84. The standard InChI is InChI=1S/C13H17N3O3/c1-16-8-10(14-15-16)7-11(17)9-4-5-12(18-2)13(6-9)19-3/h4-6,8,11,17H,7H2,1-3H3. The van der Waals surface area contributed by atoms with Crippen molar-refractivity contribution in [1.82, 2.24) is 15.0 Å². The van der Waals surface area contributed by atoms with E-state index in [4.69, 9.17) is 9.47 Å². The van der Waals surface area contributed by atoms with Gasteiger partial charge in [-0.05, 0) is 17.7 Å². The van der Waals surface area contributed by atoms with Crippen LogP contribution in [0.4, 0.5) is 0 Å². The van der Waals surface area contributed by atoms with E-state index in [0.717, 1.165) is 11.3 Å². The Kier molecular flexibility index (Phi) is 4.01. The highest BCUT2D eigenvalue weighted by molar-refractivity contribution is 5.43. The summed E-state index contributed by atoms with van der Waals surface area (Å²) in [5.41, 5.74) is 1.49. The molecule has 0 aliphatic rings. The van der Waals surface area contributed by atoms with Crippen molar-refractivity contribution in [3.63, 3.8) is 0 Å². The molecule has 1 aromatic carbocycles. The van der Waals surface area contributed by atoms with Gasteiger partial charge >= 0.3 is 0 Å². The van der Waals surface area contributed by atoms with Crippen LogP contribution >= 0.6 is 0 Å². The molecule has 0 bridgehead atoms. The lowest BCUT2D eigenvalue weighted by atomic mass is 10.0. The Hall–Kier alpha value is -2.08. The quantitative estimate of drug-likeness (QED) is 0.875. The van der Waals surface area contributed by atoms with Crippen LogP contribution in [0.1, 0.15) is 17.4 Å². The SMILES string of the molecule is COc1ccc(C(O)Cc2cn(C)nn2)cc1OC. The third-order valence-electron chi connectivity index (χ3n) is 2.84. The normalized spacial score (nSPS) is 12.2. The minimum atomic E-state index is -0.656. The zero-order valence-corrected chi connectivity index (χ0v) is 11.2. The average molecular weight is 263 g/mol. The van der Waals surface area contributed by atoms with E-state index < -0.39 is 6.10 Å². The molecule has 0 fully saturated rings. The van der Waals surface area contributed by atoms with Crippen LogP contribution in [0, 0.1) is 0 Å². The van der Waals surface area contributed by atoms with Gasteiger partial charge in [-0.3, -0.25) is 4.68 Å². The molecule has 0 saturated heterocycles. The highest BCUT2D eigenvalue weighted by Crippen LogP contribution is 2.30. The van der Waals surface area contributed by atoms with E-state index >= 15 is 0 Å². The molecular formula is C13H17N3O3. The molecule has 0 aliphatic carbocycles. The molecule has 0 amide bonds. The first-order valence-corrected chi connectivity index (χ1v) is 5.89. The van der Waals surface area contributed by atoms with Crippen molar-refractivity contribution in [3.8, 4) is 11.5 Å². The monoisotopic (exact) mass is 263 g/mol. The molecule has 0 saturated carbocycles. The Morgan fingerprint density at radius 2 is 2.00 bits per heavy atom. The Labute approximate surface area is 111 Å². The molecule has 2 aromatic rings. The van der Waals surface area contributed by atoms with Crippen molar-refractivity contribution >= 4 is 0 Å². The number of rotatable bonds is 5. The maximum Gasteiger partial charge on any atom is 0.161 e. The number of aliphatic hydroxyl groups excluding tert-OH is 1. The molecule has 2 rings (SSSR count). The molecule has 19 heavy (non-hydrogen) atoms. The van der Waals surface area contributed by atoms with Gasteiger partial charge in [0.15, 0.2) is 11.5 Å². The lowest BCUT2D eigenvalue weighted by Crippen LogP contribution is -2.03. The van der Waals surface area contributed by atoms with Crippen molar-refractivity contribution in [2.45, 2.75) is 12.5 Å². The van der Waals surface area contributed by atoms with Crippen LogP contribution in [-0.4, -0.2) is 34.3 Å². The van der Waals surface area contributed by atoms with Crippen LogP contribution in [-0.2, 0) is 13.5 Å². The third kappa shape index (κ3) is 3.03. The molecule has 102 valence electrons. The molecule has 1 unspecified atom stereocenters. The van der Waals surface area contributed by atoms with Crippen LogP contribution in [0.15, 0.2) is 24.4 Å². The van der Waals surface area contributed by atoms with Crippen LogP contribution in [0.3, 0.4) is 0 Å². The first-order valence-electron chi connectivity index (χ1n) is 5.89. The highest BCUT2D eigenvalue weighted by atomic mass is 16.5. The lowest BCUT2D eigenvalue weighted by molar-refractivity contribution is 0.176. The number of hydrogen-bond acceptors (Lipinski definition) is 5. The van der Waals surface area contributed by atoms with Crippen molar-refractivity contribution in [1.29, 1.82) is 0 Å². The van der Waals surface area contributed by atoms with Gasteiger partial charge in [0.2, 0.25) is 0 Å². The van der Waals surface area contributed by atoms with E-state index in [0.29, 0.717) is 17.9 Å². The summed E-state index contributed by atoms with van der Waals surface area (Å²) in [6.07, 6.45) is 1.53. The second-order valence-electron chi connectivity index (χ2n) is 4.22. The second kappa shape index (κ2) is 5.71. The zero-order valence-electron chi connectivity index (χ0n) is 11.2. The molecular weight excluding hydrogens is 246 g/mol. The average Bonchev–Trinajstić information content (AvgIpc) is 2.83. The number of ether oxygens (including phenoxy) is 2. The fourth-order valence-corrected chi connectivity index (χ4v) is 1.86. The predicted octanol–water partition coefficient (Wildman–Crippen LogP) is 1.11. The zero-order chi connectivity index (χ0) is 13.8. The van der Waals surface area contributed by atoms with Gasteiger partial charge in [-0.25, -0.2) is 0 Å². The molecule has 1 N–H and O–H groups in total. The Morgan fingerprint density at radius 3 is 2.58 bits per heavy atom. The summed E-state index contributed by atoms with van der Waals surface area (Å²) in [6, 6.07) is 5.34. The van der Waals surface area contributed by atoms with Crippen molar-refractivity contribution in [3.05, 3.63) is 35.7 Å².